The second-order valence-electron chi connectivity index (χ2n) is 6.38. The maximum Gasteiger partial charge on any atom is 0.0619 e. The molecule has 3 nitrogen and oxygen atoms in total. The van der Waals surface area contributed by atoms with Crippen LogP contribution in [0.15, 0.2) is 0 Å². The summed E-state index contributed by atoms with van der Waals surface area (Å²) in [5, 5.41) is 3.58. The lowest BCUT2D eigenvalue weighted by molar-refractivity contribution is -0.0525. The molecule has 0 amide bonds. The van der Waals surface area contributed by atoms with Crippen LogP contribution in [0, 0.1) is 5.41 Å². The number of morpholine rings is 1. The first kappa shape index (κ1) is 13.3. The van der Waals surface area contributed by atoms with Crippen LogP contribution in [0.2, 0.25) is 0 Å². The van der Waals surface area contributed by atoms with Crippen LogP contribution in [-0.2, 0) is 4.74 Å². The molecule has 3 heteroatoms. The summed E-state index contributed by atoms with van der Waals surface area (Å²) >= 11 is 0. The summed E-state index contributed by atoms with van der Waals surface area (Å²) in [5.41, 5.74) is 0.412. The molecule has 1 saturated heterocycles. The van der Waals surface area contributed by atoms with Crippen LogP contribution in [-0.4, -0.2) is 49.8 Å². The van der Waals surface area contributed by atoms with Gasteiger partial charge in [0, 0.05) is 24.7 Å². The van der Waals surface area contributed by atoms with E-state index in [1.807, 2.05) is 0 Å². The normalized spacial score (nSPS) is 39.2. The van der Waals surface area contributed by atoms with Gasteiger partial charge in [-0.05, 0) is 32.2 Å². The van der Waals surface area contributed by atoms with Gasteiger partial charge >= 0.3 is 0 Å². The minimum atomic E-state index is 0.412. The molecule has 0 aromatic carbocycles. The zero-order valence-corrected chi connectivity index (χ0v) is 11.8. The van der Waals surface area contributed by atoms with Gasteiger partial charge in [-0.2, -0.15) is 0 Å². The number of ether oxygens (including phenoxy) is 1. The number of rotatable bonds is 2. The minimum Gasteiger partial charge on any atom is -0.379 e. The lowest BCUT2D eigenvalue weighted by Crippen LogP contribution is -2.62. The predicted molar refractivity (Wildman–Crippen MR) is 71.3 cm³/mol. The molecule has 17 heavy (non-hydrogen) atoms. The van der Waals surface area contributed by atoms with Crippen LogP contribution < -0.4 is 5.32 Å². The Morgan fingerprint density at radius 1 is 1.35 bits per heavy atom. The van der Waals surface area contributed by atoms with Crippen molar-refractivity contribution in [1.29, 1.82) is 0 Å². The first-order valence-corrected chi connectivity index (χ1v) is 7.07. The van der Waals surface area contributed by atoms with E-state index in [1.54, 1.807) is 0 Å². The summed E-state index contributed by atoms with van der Waals surface area (Å²) in [4.78, 5) is 2.67. The SMILES string of the molecule is CNC1C(N2CCOCC2C)CCCC1(C)C. The van der Waals surface area contributed by atoms with E-state index in [9.17, 15) is 0 Å². The molecular formula is C14H28N2O. The second-order valence-corrected chi connectivity index (χ2v) is 6.38. The van der Waals surface area contributed by atoms with E-state index in [2.05, 4.69) is 38.0 Å². The fraction of sp³-hybridized carbons (Fsp3) is 1.00. The van der Waals surface area contributed by atoms with Crippen molar-refractivity contribution in [3.8, 4) is 0 Å². The van der Waals surface area contributed by atoms with Gasteiger partial charge in [0.2, 0.25) is 0 Å². The van der Waals surface area contributed by atoms with E-state index in [0.29, 0.717) is 23.5 Å². The molecule has 1 aliphatic carbocycles. The van der Waals surface area contributed by atoms with Crippen molar-refractivity contribution >= 4 is 0 Å². The number of hydrogen-bond donors (Lipinski definition) is 1. The van der Waals surface area contributed by atoms with Crippen molar-refractivity contribution in [1.82, 2.24) is 10.2 Å². The number of hydrogen-bond acceptors (Lipinski definition) is 3. The quantitative estimate of drug-likeness (QED) is 0.797. The molecule has 1 aliphatic heterocycles. The summed E-state index contributed by atoms with van der Waals surface area (Å²) in [6.07, 6.45) is 4.03. The molecule has 2 rings (SSSR count). The van der Waals surface area contributed by atoms with Gasteiger partial charge in [-0.3, -0.25) is 4.90 Å². The smallest absolute Gasteiger partial charge is 0.0619 e. The Hall–Kier alpha value is -0.120. The Morgan fingerprint density at radius 3 is 2.76 bits per heavy atom. The van der Waals surface area contributed by atoms with Crippen LogP contribution in [0.4, 0.5) is 0 Å². The van der Waals surface area contributed by atoms with Gasteiger partial charge in [-0.1, -0.05) is 20.3 Å². The Morgan fingerprint density at radius 2 is 2.12 bits per heavy atom. The Kier molecular flexibility index (Phi) is 4.11. The van der Waals surface area contributed by atoms with Gasteiger partial charge in [0.05, 0.1) is 13.2 Å². The van der Waals surface area contributed by atoms with Crippen LogP contribution in [0.5, 0.6) is 0 Å². The number of likely N-dealkylation sites (N-methyl/N-ethyl adjacent to an activating group) is 1. The topological polar surface area (TPSA) is 24.5 Å². The highest BCUT2D eigenvalue weighted by Crippen LogP contribution is 2.38. The molecule has 0 radical (unpaired) electrons. The summed E-state index contributed by atoms with van der Waals surface area (Å²) in [5.74, 6) is 0. The van der Waals surface area contributed by atoms with Crippen molar-refractivity contribution in [3.63, 3.8) is 0 Å². The van der Waals surface area contributed by atoms with E-state index in [0.717, 1.165) is 19.8 Å². The van der Waals surface area contributed by atoms with E-state index in [4.69, 9.17) is 4.74 Å². The molecular weight excluding hydrogens is 212 g/mol. The zero-order chi connectivity index (χ0) is 12.5. The summed E-state index contributed by atoms with van der Waals surface area (Å²) in [6, 6.07) is 1.86. The molecule has 0 spiro atoms. The Balaban J connectivity index is 2.11. The maximum absolute atomic E-state index is 5.56. The van der Waals surface area contributed by atoms with E-state index < -0.39 is 0 Å². The maximum atomic E-state index is 5.56. The highest BCUT2D eigenvalue weighted by Gasteiger charge is 2.42. The van der Waals surface area contributed by atoms with Gasteiger partial charge in [-0.15, -0.1) is 0 Å². The molecule has 0 aromatic heterocycles. The van der Waals surface area contributed by atoms with Crippen molar-refractivity contribution in [2.75, 3.05) is 26.8 Å². The molecule has 3 atom stereocenters. The monoisotopic (exact) mass is 240 g/mol. The third-order valence-electron chi connectivity index (χ3n) is 4.70. The number of nitrogens with one attached hydrogen (secondary N) is 1. The Bertz CT molecular complexity index is 255. The summed E-state index contributed by atoms with van der Waals surface area (Å²) in [7, 11) is 2.12. The molecule has 0 aromatic rings. The van der Waals surface area contributed by atoms with Crippen LogP contribution in [0.25, 0.3) is 0 Å². The molecule has 3 unspecified atom stereocenters. The summed E-state index contributed by atoms with van der Waals surface area (Å²) < 4.78 is 5.56. The van der Waals surface area contributed by atoms with Crippen molar-refractivity contribution in [3.05, 3.63) is 0 Å². The van der Waals surface area contributed by atoms with Gasteiger partial charge in [-0.25, -0.2) is 0 Å². The standard InChI is InChI=1S/C14H28N2O/c1-11-10-17-9-8-16(11)12-6-5-7-14(2,3)13(12)15-4/h11-13,15H,5-10H2,1-4H3. The average molecular weight is 240 g/mol. The van der Waals surface area contributed by atoms with Gasteiger partial charge < -0.3 is 10.1 Å². The first-order valence-electron chi connectivity index (χ1n) is 7.07. The lowest BCUT2D eigenvalue weighted by Gasteiger charge is -2.51. The fourth-order valence-corrected chi connectivity index (χ4v) is 3.78. The second kappa shape index (κ2) is 5.25. The van der Waals surface area contributed by atoms with Crippen molar-refractivity contribution in [2.45, 2.75) is 58.2 Å². The van der Waals surface area contributed by atoms with Gasteiger partial charge in [0.1, 0.15) is 0 Å². The third-order valence-corrected chi connectivity index (χ3v) is 4.70. The van der Waals surface area contributed by atoms with Gasteiger partial charge in [0.25, 0.3) is 0 Å². The molecule has 1 N–H and O–H groups in total. The highest BCUT2D eigenvalue weighted by molar-refractivity contribution is 4.99. The molecule has 2 aliphatic rings. The van der Waals surface area contributed by atoms with Crippen molar-refractivity contribution < 1.29 is 4.74 Å². The first-order chi connectivity index (χ1) is 8.06. The molecule has 2 fully saturated rings. The largest absolute Gasteiger partial charge is 0.379 e. The zero-order valence-electron chi connectivity index (χ0n) is 11.8. The molecule has 1 heterocycles. The highest BCUT2D eigenvalue weighted by atomic mass is 16.5. The van der Waals surface area contributed by atoms with Crippen molar-refractivity contribution in [2.24, 2.45) is 5.41 Å². The summed E-state index contributed by atoms with van der Waals surface area (Å²) in [6.45, 7) is 10.0. The average Bonchev–Trinajstić information content (AvgIpc) is 2.28. The van der Waals surface area contributed by atoms with Crippen LogP contribution in [0.1, 0.15) is 40.0 Å². The Labute approximate surface area is 106 Å². The fourth-order valence-electron chi connectivity index (χ4n) is 3.78. The van der Waals surface area contributed by atoms with E-state index in [1.165, 1.54) is 19.3 Å². The van der Waals surface area contributed by atoms with Crippen LogP contribution >= 0.6 is 0 Å². The minimum absolute atomic E-state index is 0.412. The van der Waals surface area contributed by atoms with Gasteiger partial charge in [0.15, 0.2) is 0 Å². The van der Waals surface area contributed by atoms with E-state index in [-0.39, 0.29) is 0 Å². The third kappa shape index (κ3) is 2.67. The van der Waals surface area contributed by atoms with E-state index >= 15 is 0 Å². The molecule has 100 valence electrons. The lowest BCUT2D eigenvalue weighted by atomic mass is 9.70. The molecule has 1 saturated carbocycles. The predicted octanol–water partition coefficient (Wildman–Crippen LogP) is 1.87. The molecule has 0 bridgehead atoms. The number of nitrogens with zero attached hydrogens (tertiary/aromatic N) is 1. The van der Waals surface area contributed by atoms with Crippen LogP contribution in [0.3, 0.4) is 0 Å².